The van der Waals surface area contributed by atoms with Crippen LogP contribution in [-0.4, -0.2) is 9.55 Å². The highest BCUT2D eigenvalue weighted by molar-refractivity contribution is 9.10. The zero-order valence-electron chi connectivity index (χ0n) is 6.27. The van der Waals surface area contributed by atoms with Gasteiger partial charge in [0.2, 0.25) is 0 Å². The zero-order chi connectivity index (χ0) is 8.39. The van der Waals surface area contributed by atoms with E-state index in [2.05, 4.69) is 20.9 Å². The Balaban J connectivity index is 2.20. The van der Waals surface area contributed by atoms with Crippen molar-refractivity contribution in [3.8, 4) is 0 Å². The summed E-state index contributed by atoms with van der Waals surface area (Å²) in [5, 5.41) is 0. The summed E-state index contributed by atoms with van der Waals surface area (Å²) < 4.78 is 7.97. The Morgan fingerprint density at radius 3 is 3.08 bits per heavy atom. The summed E-state index contributed by atoms with van der Waals surface area (Å²) in [6.07, 6.45) is 5.31. The zero-order valence-corrected chi connectivity index (χ0v) is 7.86. The molecule has 0 bridgehead atoms. The van der Waals surface area contributed by atoms with Crippen LogP contribution < -0.4 is 0 Å². The highest BCUT2D eigenvalue weighted by Crippen LogP contribution is 2.10. The molecule has 0 radical (unpaired) electrons. The molecule has 3 nitrogen and oxygen atoms in total. The number of nitrogens with zero attached hydrogens (tertiary/aromatic N) is 2. The van der Waals surface area contributed by atoms with Crippen LogP contribution in [0.4, 0.5) is 0 Å². The molecule has 0 unspecified atom stereocenters. The van der Waals surface area contributed by atoms with Crippen LogP contribution in [0.2, 0.25) is 0 Å². The van der Waals surface area contributed by atoms with E-state index in [1.807, 2.05) is 22.9 Å². The van der Waals surface area contributed by atoms with Crippen LogP contribution in [0.25, 0.3) is 0 Å². The van der Waals surface area contributed by atoms with E-state index in [4.69, 9.17) is 4.42 Å². The predicted molar refractivity (Wildman–Crippen MR) is 47.7 cm³/mol. The first kappa shape index (κ1) is 7.61. The molecular formula is C8H7BrN2O. The average Bonchev–Trinajstić information content (AvgIpc) is 2.65. The molecule has 62 valence electrons. The van der Waals surface area contributed by atoms with Crippen molar-refractivity contribution in [2.45, 2.75) is 6.54 Å². The lowest BCUT2D eigenvalue weighted by atomic mass is 10.4. The van der Waals surface area contributed by atoms with Crippen molar-refractivity contribution in [1.29, 1.82) is 0 Å². The molecule has 12 heavy (non-hydrogen) atoms. The molecule has 2 aromatic heterocycles. The fraction of sp³-hybridized carbons (Fsp3) is 0.125. The van der Waals surface area contributed by atoms with Gasteiger partial charge in [0, 0.05) is 12.4 Å². The lowest BCUT2D eigenvalue weighted by Crippen LogP contribution is -1.96. The highest BCUT2D eigenvalue weighted by atomic mass is 79.9. The second-order valence-electron chi connectivity index (χ2n) is 2.40. The Kier molecular flexibility index (Phi) is 1.99. The largest absolute Gasteiger partial charge is 0.467 e. The van der Waals surface area contributed by atoms with Crippen LogP contribution in [0.1, 0.15) is 5.76 Å². The molecule has 2 rings (SSSR count). The van der Waals surface area contributed by atoms with Gasteiger partial charge in [0.25, 0.3) is 0 Å². The fourth-order valence-corrected chi connectivity index (χ4v) is 1.36. The van der Waals surface area contributed by atoms with Crippen LogP contribution in [0, 0.1) is 0 Å². The number of rotatable bonds is 2. The van der Waals surface area contributed by atoms with E-state index < -0.39 is 0 Å². The van der Waals surface area contributed by atoms with E-state index in [1.165, 1.54) is 0 Å². The molecule has 0 N–H and O–H groups in total. The second kappa shape index (κ2) is 3.15. The van der Waals surface area contributed by atoms with E-state index in [-0.39, 0.29) is 0 Å². The fourth-order valence-electron chi connectivity index (χ4n) is 0.999. The maximum Gasteiger partial charge on any atom is 0.177 e. The number of imidazole rings is 1. The molecule has 0 spiro atoms. The van der Waals surface area contributed by atoms with Crippen molar-refractivity contribution in [1.82, 2.24) is 9.55 Å². The molecular weight excluding hydrogens is 220 g/mol. The van der Waals surface area contributed by atoms with Crippen LogP contribution in [0.15, 0.2) is 39.9 Å². The molecule has 0 aliphatic heterocycles. The number of hydrogen-bond donors (Lipinski definition) is 0. The number of halogens is 1. The molecule has 4 heteroatoms. The van der Waals surface area contributed by atoms with Crippen molar-refractivity contribution in [3.63, 3.8) is 0 Å². The van der Waals surface area contributed by atoms with E-state index in [1.54, 1.807) is 12.5 Å². The lowest BCUT2D eigenvalue weighted by molar-refractivity contribution is 0.491. The monoisotopic (exact) mass is 226 g/mol. The second-order valence-corrected chi connectivity index (χ2v) is 3.11. The maximum atomic E-state index is 5.19. The molecule has 0 atom stereocenters. The first-order chi connectivity index (χ1) is 5.86. The van der Waals surface area contributed by atoms with Gasteiger partial charge in [-0.3, -0.25) is 0 Å². The summed E-state index contributed by atoms with van der Waals surface area (Å²) in [5.74, 6) is 0.925. The van der Waals surface area contributed by atoms with Gasteiger partial charge in [0.05, 0.1) is 12.8 Å². The Labute approximate surface area is 78.2 Å². The van der Waals surface area contributed by atoms with Gasteiger partial charge >= 0.3 is 0 Å². The van der Waals surface area contributed by atoms with Gasteiger partial charge in [-0.1, -0.05) is 0 Å². The molecule has 2 aromatic rings. The van der Waals surface area contributed by atoms with Gasteiger partial charge < -0.3 is 8.98 Å². The maximum absolute atomic E-state index is 5.19. The van der Waals surface area contributed by atoms with Gasteiger partial charge in [-0.2, -0.15) is 0 Å². The summed E-state index contributed by atoms with van der Waals surface area (Å²) in [6, 6.07) is 3.81. The summed E-state index contributed by atoms with van der Waals surface area (Å²) in [7, 11) is 0. The Morgan fingerprint density at radius 2 is 2.50 bits per heavy atom. The average molecular weight is 227 g/mol. The minimum absolute atomic E-state index is 0.716. The molecule has 0 aliphatic rings. The van der Waals surface area contributed by atoms with Crippen LogP contribution in [-0.2, 0) is 6.54 Å². The van der Waals surface area contributed by atoms with Crippen molar-refractivity contribution in [3.05, 3.63) is 41.3 Å². The first-order valence-electron chi connectivity index (χ1n) is 3.55. The summed E-state index contributed by atoms with van der Waals surface area (Å²) in [4.78, 5) is 4.04. The van der Waals surface area contributed by atoms with Crippen LogP contribution in [0.5, 0.6) is 0 Å². The SMILES string of the molecule is Brc1nccn1Cc1ccco1. The van der Waals surface area contributed by atoms with Crippen molar-refractivity contribution < 1.29 is 4.42 Å². The topological polar surface area (TPSA) is 31.0 Å². The standard InChI is InChI=1S/C8H7BrN2O/c9-8-10-3-4-11(8)6-7-2-1-5-12-7/h1-5H,6H2. The third kappa shape index (κ3) is 1.43. The highest BCUT2D eigenvalue weighted by Gasteiger charge is 2.00. The molecule has 0 amide bonds. The number of hydrogen-bond acceptors (Lipinski definition) is 2. The van der Waals surface area contributed by atoms with Gasteiger partial charge in [-0.05, 0) is 28.1 Å². The van der Waals surface area contributed by atoms with E-state index in [0.717, 1.165) is 10.5 Å². The molecule has 0 saturated carbocycles. The third-order valence-corrected chi connectivity index (χ3v) is 2.23. The minimum Gasteiger partial charge on any atom is -0.467 e. The van der Waals surface area contributed by atoms with Gasteiger partial charge in [-0.25, -0.2) is 4.98 Å². The Hall–Kier alpha value is -1.03. The molecule has 0 aromatic carbocycles. The summed E-state index contributed by atoms with van der Waals surface area (Å²) in [5.41, 5.74) is 0. The Morgan fingerprint density at radius 1 is 1.58 bits per heavy atom. The van der Waals surface area contributed by atoms with Gasteiger partial charge in [-0.15, -0.1) is 0 Å². The van der Waals surface area contributed by atoms with Gasteiger partial charge in [0.15, 0.2) is 4.73 Å². The van der Waals surface area contributed by atoms with E-state index in [0.29, 0.717) is 6.54 Å². The molecule has 2 heterocycles. The van der Waals surface area contributed by atoms with Crippen molar-refractivity contribution in [2.24, 2.45) is 0 Å². The molecule has 0 aliphatic carbocycles. The molecule has 0 saturated heterocycles. The van der Waals surface area contributed by atoms with Crippen LogP contribution >= 0.6 is 15.9 Å². The first-order valence-corrected chi connectivity index (χ1v) is 4.34. The van der Waals surface area contributed by atoms with Crippen molar-refractivity contribution in [2.75, 3.05) is 0 Å². The third-order valence-electron chi connectivity index (χ3n) is 1.57. The molecule has 0 fully saturated rings. The number of aromatic nitrogens is 2. The van der Waals surface area contributed by atoms with E-state index >= 15 is 0 Å². The minimum atomic E-state index is 0.716. The smallest absolute Gasteiger partial charge is 0.177 e. The Bertz CT molecular complexity index is 353. The van der Waals surface area contributed by atoms with Crippen molar-refractivity contribution >= 4 is 15.9 Å². The number of furan rings is 1. The van der Waals surface area contributed by atoms with Crippen LogP contribution in [0.3, 0.4) is 0 Å². The lowest BCUT2D eigenvalue weighted by Gasteiger charge is -1.99. The quantitative estimate of drug-likeness (QED) is 0.787. The van der Waals surface area contributed by atoms with E-state index in [9.17, 15) is 0 Å². The summed E-state index contributed by atoms with van der Waals surface area (Å²) in [6.45, 7) is 0.716. The predicted octanol–water partition coefficient (Wildman–Crippen LogP) is 2.29. The van der Waals surface area contributed by atoms with Gasteiger partial charge in [0.1, 0.15) is 5.76 Å². The summed E-state index contributed by atoms with van der Waals surface area (Å²) >= 11 is 3.32. The normalized spacial score (nSPS) is 10.4.